The summed E-state index contributed by atoms with van der Waals surface area (Å²) in [4.78, 5) is 44.1. The number of aromatic amines is 1. The molecule has 1 aromatic heterocycles. The molecule has 0 bridgehead atoms. The van der Waals surface area contributed by atoms with Crippen LogP contribution in [0.1, 0.15) is 39.5 Å². The number of aromatic nitrogens is 1. The number of hydrogen-bond donors (Lipinski definition) is 5. The number of amides is 3. The average molecular weight is 618 g/mol. The maximum atomic E-state index is 14.0. The monoisotopic (exact) mass is 617 g/mol. The maximum absolute atomic E-state index is 14.0. The first-order chi connectivity index (χ1) is 22.4. The molecule has 0 saturated carbocycles. The van der Waals surface area contributed by atoms with Crippen LogP contribution in [0.5, 0.6) is 5.75 Å². The molecule has 9 nitrogen and oxygen atoms in total. The van der Waals surface area contributed by atoms with E-state index in [0.717, 1.165) is 33.2 Å². The molecule has 0 aliphatic rings. The molecule has 0 spiro atoms. The van der Waals surface area contributed by atoms with Gasteiger partial charge in [0.15, 0.2) is 0 Å². The van der Waals surface area contributed by atoms with E-state index in [9.17, 15) is 14.4 Å². The third-order valence-corrected chi connectivity index (χ3v) is 7.79. The van der Waals surface area contributed by atoms with Gasteiger partial charge in [0.25, 0.3) is 5.91 Å². The zero-order chi connectivity index (χ0) is 32.3. The molecule has 0 fully saturated rings. The Kier molecular flexibility index (Phi) is 10.8. The van der Waals surface area contributed by atoms with E-state index in [0.29, 0.717) is 24.5 Å². The number of carbonyl (C=O) groups is 3. The van der Waals surface area contributed by atoms with Crippen LogP contribution in [-0.4, -0.2) is 41.4 Å². The molecule has 2 atom stereocenters. The van der Waals surface area contributed by atoms with Crippen molar-refractivity contribution in [3.8, 4) is 5.75 Å². The second kappa shape index (κ2) is 15.5. The van der Waals surface area contributed by atoms with Gasteiger partial charge >= 0.3 is 0 Å². The van der Waals surface area contributed by atoms with Crippen LogP contribution in [0.4, 0.5) is 0 Å². The largest absolute Gasteiger partial charge is 0.494 e. The highest BCUT2D eigenvalue weighted by Crippen LogP contribution is 2.20. The summed E-state index contributed by atoms with van der Waals surface area (Å²) in [5.41, 5.74) is 10.7. The molecule has 0 radical (unpaired) electrons. The standard InChI is InChI=1S/C37H39N5O4/c1-2-46-30-18-16-25(17-19-30)20-33(41-35(43)28-8-4-3-5-9-28)37(45)42-34(21-29-24-39-32-11-7-6-10-31(29)32)36(44)40-23-27-14-12-26(22-38)13-15-27/h3-19,24,33-34,39H,2,20-23,38H2,1H3,(H,40,44)(H,41,43)(H,42,45). The van der Waals surface area contributed by atoms with Gasteiger partial charge in [0.05, 0.1) is 6.61 Å². The fraction of sp³-hybridized carbons (Fsp3) is 0.216. The molecule has 6 N–H and O–H groups in total. The first-order valence-corrected chi connectivity index (χ1v) is 15.4. The molecule has 2 unspecified atom stereocenters. The van der Waals surface area contributed by atoms with Crippen LogP contribution in [-0.2, 0) is 35.5 Å². The number of nitrogens with two attached hydrogens (primary N) is 1. The molecule has 46 heavy (non-hydrogen) atoms. The molecule has 0 aliphatic heterocycles. The lowest BCUT2D eigenvalue weighted by molar-refractivity contribution is -0.130. The second-order valence-corrected chi connectivity index (χ2v) is 11.0. The smallest absolute Gasteiger partial charge is 0.251 e. The average Bonchev–Trinajstić information content (AvgIpc) is 3.50. The van der Waals surface area contributed by atoms with E-state index in [1.807, 2.05) is 92.0 Å². The van der Waals surface area contributed by atoms with Crippen molar-refractivity contribution in [3.05, 3.63) is 137 Å². The van der Waals surface area contributed by atoms with E-state index in [1.54, 1.807) is 24.3 Å². The summed E-state index contributed by atoms with van der Waals surface area (Å²) in [6, 6.07) is 29.8. The topological polar surface area (TPSA) is 138 Å². The van der Waals surface area contributed by atoms with Gasteiger partial charge in [-0.05, 0) is 59.5 Å². The van der Waals surface area contributed by atoms with Crippen molar-refractivity contribution in [2.75, 3.05) is 6.61 Å². The number of rotatable bonds is 14. The Bertz CT molecular complexity index is 1750. The third-order valence-electron chi connectivity index (χ3n) is 7.79. The summed E-state index contributed by atoms with van der Waals surface area (Å²) in [5.74, 6) is -0.472. The van der Waals surface area contributed by atoms with Crippen molar-refractivity contribution in [1.29, 1.82) is 0 Å². The van der Waals surface area contributed by atoms with Gasteiger partial charge in [-0.15, -0.1) is 0 Å². The van der Waals surface area contributed by atoms with Gasteiger partial charge in [-0.1, -0.05) is 72.8 Å². The number of H-pyrrole nitrogens is 1. The first-order valence-electron chi connectivity index (χ1n) is 15.4. The molecule has 5 aromatic rings. The van der Waals surface area contributed by atoms with Gasteiger partial charge < -0.3 is 31.4 Å². The minimum Gasteiger partial charge on any atom is -0.494 e. The Morgan fingerprint density at radius 2 is 1.39 bits per heavy atom. The number of hydrogen-bond acceptors (Lipinski definition) is 5. The normalized spacial score (nSPS) is 12.2. The van der Waals surface area contributed by atoms with E-state index in [2.05, 4.69) is 20.9 Å². The van der Waals surface area contributed by atoms with Gasteiger partial charge in [0, 0.05) is 48.6 Å². The minimum atomic E-state index is -0.951. The van der Waals surface area contributed by atoms with Crippen LogP contribution in [0, 0.1) is 0 Å². The molecule has 4 aromatic carbocycles. The molecule has 236 valence electrons. The summed E-state index contributed by atoms with van der Waals surface area (Å²) in [6.07, 6.45) is 2.32. The van der Waals surface area contributed by atoms with Crippen molar-refractivity contribution < 1.29 is 19.1 Å². The van der Waals surface area contributed by atoms with E-state index in [-0.39, 0.29) is 31.2 Å². The van der Waals surface area contributed by atoms with Crippen molar-refractivity contribution in [2.45, 2.75) is 44.9 Å². The van der Waals surface area contributed by atoms with Crippen LogP contribution in [0.15, 0.2) is 109 Å². The van der Waals surface area contributed by atoms with E-state index < -0.39 is 18.0 Å². The predicted octanol–water partition coefficient (Wildman–Crippen LogP) is 4.41. The Morgan fingerprint density at radius 1 is 0.739 bits per heavy atom. The zero-order valence-electron chi connectivity index (χ0n) is 25.8. The number of benzene rings is 4. The highest BCUT2D eigenvalue weighted by atomic mass is 16.5. The maximum Gasteiger partial charge on any atom is 0.251 e. The van der Waals surface area contributed by atoms with E-state index >= 15 is 0 Å². The lowest BCUT2D eigenvalue weighted by atomic mass is 10.0. The molecule has 0 aliphatic carbocycles. The summed E-state index contributed by atoms with van der Waals surface area (Å²) < 4.78 is 5.56. The molecular formula is C37H39N5O4. The Morgan fingerprint density at radius 3 is 2.11 bits per heavy atom. The SMILES string of the molecule is CCOc1ccc(CC(NC(=O)c2ccccc2)C(=O)NC(Cc2c[nH]c3ccccc23)C(=O)NCc2ccc(CN)cc2)cc1. The zero-order valence-corrected chi connectivity index (χ0v) is 25.8. The number of ether oxygens (including phenoxy) is 1. The van der Waals surface area contributed by atoms with E-state index in [4.69, 9.17) is 10.5 Å². The summed E-state index contributed by atoms with van der Waals surface area (Å²) in [5, 5.41) is 9.80. The molecular weight excluding hydrogens is 578 g/mol. The highest BCUT2D eigenvalue weighted by molar-refractivity contribution is 5.98. The van der Waals surface area contributed by atoms with Crippen LogP contribution in [0.3, 0.4) is 0 Å². The number of nitrogens with one attached hydrogen (secondary N) is 4. The molecule has 1 heterocycles. The summed E-state index contributed by atoms with van der Waals surface area (Å²) >= 11 is 0. The van der Waals surface area contributed by atoms with Gasteiger partial charge in [0.2, 0.25) is 11.8 Å². The van der Waals surface area contributed by atoms with Crippen LogP contribution >= 0.6 is 0 Å². The summed E-state index contributed by atoms with van der Waals surface area (Å²) in [6.45, 7) is 3.17. The van der Waals surface area contributed by atoms with Crippen LogP contribution in [0.25, 0.3) is 10.9 Å². The molecule has 5 rings (SSSR count). The van der Waals surface area contributed by atoms with Crippen molar-refractivity contribution >= 4 is 28.6 Å². The Labute approximate surface area is 268 Å². The fourth-order valence-electron chi connectivity index (χ4n) is 5.27. The third kappa shape index (κ3) is 8.40. The second-order valence-electron chi connectivity index (χ2n) is 11.0. The van der Waals surface area contributed by atoms with Crippen molar-refractivity contribution in [3.63, 3.8) is 0 Å². The molecule has 0 saturated heterocycles. The molecule has 3 amide bonds. The quantitative estimate of drug-likeness (QED) is 0.126. The Balaban J connectivity index is 1.38. The lowest BCUT2D eigenvalue weighted by Crippen LogP contribution is -2.55. The lowest BCUT2D eigenvalue weighted by Gasteiger charge is -2.24. The first kappa shape index (κ1) is 32.0. The van der Waals surface area contributed by atoms with Gasteiger partial charge in [-0.2, -0.15) is 0 Å². The fourth-order valence-corrected chi connectivity index (χ4v) is 5.27. The summed E-state index contributed by atoms with van der Waals surface area (Å²) in [7, 11) is 0. The number of fused-ring (bicyclic) bond motifs is 1. The van der Waals surface area contributed by atoms with Crippen molar-refractivity contribution in [2.24, 2.45) is 5.73 Å². The number of carbonyl (C=O) groups excluding carboxylic acids is 3. The highest BCUT2D eigenvalue weighted by Gasteiger charge is 2.28. The van der Waals surface area contributed by atoms with Crippen molar-refractivity contribution in [1.82, 2.24) is 20.9 Å². The van der Waals surface area contributed by atoms with Crippen LogP contribution in [0.2, 0.25) is 0 Å². The van der Waals surface area contributed by atoms with E-state index in [1.165, 1.54) is 0 Å². The van der Waals surface area contributed by atoms with Gasteiger partial charge in [-0.25, -0.2) is 0 Å². The number of para-hydroxylation sites is 1. The van der Waals surface area contributed by atoms with Gasteiger partial charge in [0.1, 0.15) is 17.8 Å². The minimum absolute atomic E-state index is 0.214. The van der Waals surface area contributed by atoms with Gasteiger partial charge in [-0.3, -0.25) is 14.4 Å². The Hall–Kier alpha value is -5.41. The van der Waals surface area contributed by atoms with Crippen LogP contribution < -0.4 is 26.4 Å². The molecule has 9 heteroatoms. The predicted molar refractivity (Wildman–Crippen MR) is 179 cm³/mol.